The Hall–Kier alpha value is -0.0800. The third-order valence-corrected chi connectivity index (χ3v) is 5.20. The second kappa shape index (κ2) is 3.74. The van der Waals surface area contributed by atoms with E-state index in [-0.39, 0.29) is 0 Å². The highest BCUT2D eigenvalue weighted by molar-refractivity contribution is 4.95. The summed E-state index contributed by atoms with van der Waals surface area (Å²) in [6.07, 6.45) is 8.57. The first-order valence-corrected chi connectivity index (χ1v) is 6.59. The second-order valence-corrected chi connectivity index (χ2v) is 6.15. The van der Waals surface area contributed by atoms with Crippen LogP contribution >= 0.6 is 0 Å². The standard InChI is InChI=1S/C13H23NO/c14-8-13(3-4-15-9-13)7-12-6-10-1-2-11(12)5-10/h10-12H,1-9,14H2. The quantitative estimate of drug-likeness (QED) is 0.773. The fourth-order valence-electron chi connectivity index (χ4n) is 4.24. The normalized spacial score (nSPS) is 49.0. The molecule has 2 nitrogen and oxygen atoms in total. The summed E-state index contributed by atoms with van der Waals surface area (Å²) in [6.45, 7) is 2.70. The van der Waals surface area contributed by atoms with Gasteiger partial charge in [-0.05, 0) is 49.9 Å². The van der Waals surface area contributed by atoms with E-state index in [0.29, 0.717) is 5.41 Å². The molecule has 0 radical (unpaired) electrons. The molecule has 3 fully saturated rings. The SMILES string of the molecule is NCC1(CC2CC3CCC2C3)CCOC1. The van der Waals surface area contributed by atoms with Gasteiger partial charge in [-0.3, -0.25) is 0 Å². The van der Waals surface area contributed by atoms with Gasteiger partial charge < -0.3 is 10.5 Å². The van der Waals surface area contributed by atoms with Crippen molar-refractivity contribution in [3.63, 3.8) is 0 Å². The fraction of sp³-hybridized carbons (Fsp3) is 1.00. The Morgan fingerprint density at radius 1 is 1.27 bits per heavy atom. The average Bonchev–Trinajstić information content (AvgIpc) is 2.93. The highest BCUT2D eigenvalue weighted by Gasteiger charge is 2.44. The molecule has 2 saturated carbocycles. The molecule has 2 heteroatoms. The van der Waals surface area contributed by atoms with Gasteiger partial charge in [0.1, 0.15) is 0 Å². The van der Waals surface area contributed by atoms with Crippen molar-refractivity contribution in [2.45, 2.75) is 38.5 Å². The Balaban J connectivity index is 1.64. The van der Waals surface area contributed by atoms with E-state index >= 15 is 0 Å². The number of nitrogens with two attached hydrogens (primary N) is 1. The first-order chi connectivity index (χ1) is 7.31. The zero-order chi connectivity index (χ0) is 10.3. The van der Waals surface area contributed by atoms with Gasteiger partial charge in [-0.25, -0.2) is 0 Å². The van der Waals surface area contributed by atoms with Crippen LogP contribution < -0.4 is 5.73 Å². The molecule has 0 spiro atoms. The second-order valence-electron chi connectivity index (χ2n) is 6.15. The lowest BCUT2D eigenvalue weighted by Crippen LogP contribution is -2.34. The lowest BCUT2D eigenvalue weighted by atomic mass is 9.73. The predicted octanol–water partition coefficient (Wildman–Crippen LogP) is 2.18. The first-order valence-electron chi connectivity index (χ1n) is 6.59. The minimum absolute atomic E-state index is 0.356. The minimum atomic E-state index is 0.356. The summed E-state index contributed by atoms with van der Waals surface area (Å²) in [6, 6.07) is 0. The molecule has 1 heterocycles. The van der Waals surface area contributed by atoms with E-state index in [1.54, 1.807) is 0 Å². The maximum Gasteiger partial charge on any atom is 0.0535 e. The summed E-state index contributed by atoms with van der Waals surface area (Å²) < 4.78 is 5.56. The highest BCUT2D eigenvalue weighted by Crippen LogP contribution is 2.52. The molecule has 1 saturated heterocycles. The summed E-state index contributed by atoms with van der Waals surface area (Å²) in [7, 11) is 0. The van der Waals surface area contributed by atoms with Crippen molar-refractivity contribution in [1.82, 2.24) is 0 Å². The van der Waals surface area contributed by atoms with Gasteiger partial charge in [0.15, 0.2) is 0 Å². The van der Waals surface area contributed by atoms with E-state index in [1.165, 1.54) is 38.5 Å². The van der Waals surface area contributed by atoms with Gasteiger partial charge >= 0.3 is 0 Å². The number of hydrogen-bond acceptors (Lipinski definition) is 2. The third-order valence-electron chi connectivity index (χ3n) is 5.20. The Labute approximate surface area is 92.6 Å². The summed E-state index contributed by atoms with van der Waals surface area (Å²) in [5, 5.41) is 0. The van der Waals surface area contributed by atoms with Crippen molar-refractivity contribution in [1.29, 1.82) is 0 Å². The van der Waals surface area contributed by atoms with Crippen molar-refractivity contribution in [3.05, 3.63) is 0 Å². The maximum absolute atomic E-state index is 5.97. The van der Waals surface area contributed by atoms with Crippen LogP contribution in [0.3, 0.4) is 0 Å². The molecular weight excluding hydrogens is 186 g/mol. The van der Waals surface area contributed by atoms with Gasteiger partial charge in [0.2, 0.25) is 0 Å². The van der Waals surface area contributed by atoms with Crippen molar-refractivity contribution in [3.8, 4) is 0 Å². The lowest BCUT2D eigenvalue weighted by Gasteiger charge is -2.32. The van der Waals surface area contributed by atoms with Gasteiger partial charge in [0.05, 0.1) is 6.61 Å². The third kappa shape index (κ3) is 1.72. The Morgan fingerprint density at radius 3 is 2.73 bits per heavy atom. The van der Waals surface area contributed by atoms with Crippen LogP contribution in [0.5, 0.6) is 0 Å². The topological polar surface area (TPSA) is 35.2 Å². The monoisotopic (exact) mass is 209 g/mol. The van der Waals surface area contributed by atoms with E-state index < -0.39 is 0 Å². The van der Waals surface area contributed by atoms with Crippen LogP contribution in [-0.4, -0.2) is 19.8 Å². The first kappa shape index (κ1) is 10.1. The number of rotatable bonds is 3. The molecule has 0 aromatic heterocycles. The number of hydrogen-bond donors (Lipinski definition) is 1. The molecule has 4 unspecified atom stereocenters. The molecule has 0 amide bonds. The molecule has 2 aliphatic carbocycles. The van der Waals surface area contributed by atoms with Gasteiger partial charge in [-0.1, -0.05) is 6.42 Å². The van der Waals surface area contributed by atoms with E-state index in [1.807, 2.05) is 0 Å². The van der Waals surface area contributed by atoms with Crippen LogP contribution in [-0.2, 0) is 4.74 Å². The summed E-state index contributed by atoms with van der Waals surface area (Å²) in [4.78, 5) is 0. The van der Waals surface area contributed by atoms with Gasteiger partial charge in [0, 0.05) is 18.6 Å². The van der Waals surface area contributed by atoms with Gasteiger partial charge in [-0.15, -0.1) is 0 Å². The fourth-order valence-corrected chi connectivity index (χ4v) is 4.24. The number of ether oxygens (including phenoxy) is 1. The van der Waals surface area contributed by atoms with E-state index in [0.717, 1.165) is 37.5 Å². The molecule has 15 heavy (non-hydrogen) atoms. The zero-order valence-electron chi connectivity index (χ0n) is 9.58. The smallest absolute Gasteiger partial charge is 0.0535 e. The van der Waals surface area contributed by atoms with Crippen molar-refractivity contribution in [2.75, 3.05) is 19.8 Å². The van der Waals surface area contributed by atoms with Gasteiger partial charge in [0.25, 0.3) is 0 Å². The van der Waals surface area contributed by atoms with Crippen LogP contribution in [0.1, 0.15) is 38.5 Å². The van der Waals surface area contributed by atoms with Gasteiger partial charge in [-0.2, -0.15) is 0 Å². The Bertz CT molecular complexity index is 235. The lowest BCUT2D eigenvalue weighted by molar-refractivity contribution is 0.124. The van der Waals surface area contributed by atoms with Crippen LogP contribution in [0.2, 0.25) is 0 Å². The molecule has 3 rings (SSSR count). The maximum atomic E-state index is 5.97. The predicted molar refractivity (Wildman–Crippen MR) is 60.5 cm³/mol. The molecule has 2 bridgehead atoms. The molecule has 1 aliphatic heterocycles. The van der Waals surface area contributed by atoms with Crippen LogP contribution in [0.25, 0.3) is 0 Å². The van der Waals surface area contributed by atoms with Crippen molar-refractivity contribution >= 4 is 0 Å². The van der Waals surface area contributed by atoms with Crippen LogP contribution in [0, 0.1) is 23.2 Å². The molecular formula is C13H23NO. The minimum Gasteiger partial charge on any atom is -0.381 e. The number of fused-ring (bicyclic) bond motifs is 2. The van der Waals surface area contributed by atoms with Crippen molar-refractivity contribution < 1.29 is 4.74 Å². The zero-order valence-corrected chi connectivity index (χ0v) is 9.58. The molecule has 2 N–H and O–H groups in total. The molecule has 86 valence electrons. The molecule has 0 aromatic carbocycles. The molecule has 3 aliphatic rings. The summed E-state index contributed by atoms with van der Waals surface area (Å²) in [5.41, 5.74) is 6.32. The van der Waals surface area contributed by atoms with E-state index in [4.69, 9.17) is 10.5 Å². The molecule has 0 aromatic rings. The van der Waals surface area contributed by atoms with Crippen LogP contribution in [0.15, 0.2) is 0 Å². The summed E-state index contributed by atoms with van der Waals surface area (Å²) >= 11 is 0. The van der Waals surface area contributed by atoms with Crippen LogP contribution in [0.4, 0.5) is 0 Å². The largest absolute Gasteiger partial charge is 0.381 e. The Kier molecular flexibility index (Phi) is 2.52. The van der Waals surface area contributed by atoms with E-state index in [2.05, 4.69) is 0 Å². The Morgan fingerprint density at radius 2 is 2.20 bits per heavy atom. The highest BCUT2D eigenvalue weighted by atomic mass is 16.5. The summed E-state index contributed by atoms with van der Waals surface area (Å²) in [5.74, 6) is 3.09. The average molecular weight is 209 g/mol. The van der Waals surface area contributed by atoms with E-state index in [9.17, 15) is 0 Å². The molecule has 4 atom stereocenters. The van der Waals surface area contributed by atoms with Crippen molar-refractivity contribution in [2.24, 2.45) is 28.9 Å².